The van der Waals surface area contributed by atoms with E-state index in [4.69, 9.17) is 4.74 Å². The van der Waals surface area contributed by atoms with E-state index in [2.05, 4.69) is 22.2 Å². The zero-order chi connectivity index (χ0) is 11.4. The Kier molecular flexibility index (Phi) is 10.3. The van der Waals surface area contributed by atoms with E-state index in [0.29, 0.717) is 13.2 Å². The normalized spacial score (nSPS) is 9.47. The first-order valence-corrected chi connectivity index (χ1v) is 5.56. The minimum absolute atomic E-state index is 0.661. The number of nitrogens with one attached hydrogen (secondary N) is 2. The summed E-state index contributed by atoms with van der Waals surface area (Å²) in [5.74, 6) is 0.854. The summed E-state index contributed by atoms with van der Waals surface area (Å²) in [6.07, 6.45) is 2.75. The molecule has 0 aliphatic rings. The molecule has 0 unspecified atom stereocenters. The monoisotopic (exact) mass is 213 g/mol. The highest BCUT2D eigenvalue weighted by Crippen LogP contribution is 1.83. The van der Waals surface area contributed by atoms with Crippen molar-refractivity contribution in [3.05, 3.63) is 12.7 Å². The van der Waals surface area contributed by atoms with Crippen molar-refractivity contribution >= 4 is 5.96 Å². The maximum atomic E-state index is 5.35. The molecule has 0 aliphatic heterocycles. The molecule has 0 aromatic heterocycles. The molecule has 15 heavy (non-hydrogen) atoms. The summed E-state index contributed by atoms with van der Waals surface area (Å²) in [7, 11) is 0. The van der Waals surface area contributed by atoms with Crippen molar-refractivity contribution in [2.45, 2.75) is 20.3 Å². The molecule has 0 fully saturated rings. The van der Waals surface area contributed by atoms with Gasteiger partial charge in [0.15, 0.2) is 5.96 Å². The van der Waals surface area contributed by atoms with E-state index < -0.39 is 0 Å². The Morgan fingerprint density at radius 2 is 1.93 bits per heavy atom. The van der Waals surface area contributed by atoms with Crippen LogP contribution in [0.4, 0.5) is 0 Å². The molecule has 0 heterocycles. The fourth-order valence-corrected chi connectivity index (χ4v) is 1.000. The fourth-order valence-electron chi connectivity index (χ4n) is 1.000. The van der Waals surface area contributed by atoms with Crippen LogP contribution in [-0.2, 0) is 4.74 Å². The van der Waals surface area contributed by atoms with Crippen molar-refractivity contribution in [2.75, 3.05) is 32.8 Å². The van der Waals surface area contributed by atoms with Crippen LogP contribution in [0.1, 0.15) is 20.3 Å². The molecule has 0 aliphatic carbocycles. The van der Waals surface area contributed by atoms with E-state index in [1.54, 1.807) is 0 Å². The van der Waals surface area contributed by atoms with Gasteiger partial charge in [-0.05, 0) is 20.3 Å². The molecule has 4 heteroatoms. The molecule has 0 atom stereocenters. The quantitative estimate of drug-likeness (QED) is 0.275. The molecule has 0 spiro atoms. The maximum absolute atomic E-state index is 5.35. The number of rotatable bonds is 8. The van der Waals surface area contributed by atoms with Gasteiger partial charge in [0.1, 0.15) is 0 Å². The number of guanidine groups is 1. The Morgan fingerprint density at radius 3 is 2.47 bits per heavy atom. The number of hydrogen-bond acceptors (Lipinski definition) is 2. The van der Waals surface area contributed by atoms with E-state index in [-0.39, 0.29) is 0 Å². The second-order valence-electron chi connectivity index (χ2n) is 2.98. The molecule has 0 aromatic rings. The third-order valence-electron chi connectivity index (χ3n) is 1.66. The molecule has 0 aromatic carbocycles. The average Bonchev–Trinajstić information content (AvgIpc) is 2.24. The second kappa shape index (κ2) is 11.0. The van der Waals surface area contributed by atoms with Crippen molar-refractivity contribution in [2.24, 2.45) is 4.99 Å². The highest BCUT2D eigenvalue weighted by Gasteiger charge is 1.92. The lowest BCUT2D eigenvalue weighted by molar-refractivity contribution is 0.146. The fraction of sp³-hybridized carbons (Fsp3) is 0.727. The summed E-state index contributed by atoms with van der Waals surface area (Å²) in [6, 6.07) is 0. The van der Waals surface area contributed by atoms with Crippen LogP contribution < -0.4 is 10.6 Å². The Morgan fingerprint density at radius 1 is 1.27 bits per heavy atom. The summed E-state index contributed by atoms with van der Waals surface area (Å²) in [6.45, 7) is 11.6. The lowest BCUT2D eigenvalue weighted by Gasteiger charge is -2.08. The Bertz CT molecular complexity index is 173. The number of hydrogen-bond donors (Lipinski definition) is 2. The van der Waals surface area contributed by atoms with E-state index in [9.17, 15) is 0 Å². The minimum atomic E-state index is 0.661. The van der Waals surface area contributed by atoms with Crippen LogP contribution in [0, 0.1) is 0 Å². The van der Waals surface area contributed by atoms with Gasteiger partial charge in [0.25, 0.3) is 0 Å². The van der Waals surface area contributed by atoms with Gasteiger partial charge in [-0.3, -0.25) is 4.99 Å². The smallest absolute Gasteiger partial charge is 0.191 e. The second-order valence-corrected chi connectivity index (χ2v) is 2.98. The Hall–Kier alpha value is -1.03. The van der Waals surface area contributed by atoms with Crippen LogP contribution >= 0.6 is 0 Å². The van der Waals surface area contributed by atoms with E-state index >= 15 is 0 Å². The molecule has 0 amide bonds. The summed E-state index contributed by atoms with van der Waals surface area (Å²) in [5, 5.41) is 6.31. The number of aliphatic imine (C=N–C) groups is 1. The van der Waals surface area contributed by atoms with Crippen LogP contribution in [0.5, 0.6) is 0 Å². The molecule has 0 bridgehead atoms. The first-order valence-electron chi connectivity index (χ1n) is 5.56. The molecule has 0 rings (SSSR count). The third-order valence-corrected chi connectivity index (χ3v) is 1.66. The first-order chi connectivity index (χ1) is 7.35. The van der Waals surface area contributed by atoms with E-state index in [0.717, 1.165) is 32.1 Å². The molecule has 0 radical (unpaired) electrons. The largest absolute Gasteiger partial charge is 0.379 e. The van der Waals surface area contributed by atoms with Crippen LogP contribution in [0.25, 0.3) is 0 Å². The zero-order valence-electron chi connectivity index (χ0n) is 9.88. The van der Waals surface area contributed by atoms with E-state index in [1.807, 2.05) is 19.9 Å². The van der Waals surface area contributed by atoms with Gasteiger partial charge in [-0.2, -0.15) is 0 Å². The minimum Gasteiger partial charge on any atom is -0.379 e. The van der Waals surface area contributed by atoms with Crippen LogP contribution in [-0.4, -0.2) is 38.8 Å². The summed E-state index contributed by atoms with van der Waals surface area (Å²) in [5.41, 5.74) is 0. The zero-order valence-corrected chi connectivity index (χ0v) is 9.88. The lowest BCUT2D eigenvalue weighted by Crippen LogP contribution is -2.37. The average molecular weight is 213 g/mol. The van der Waals surface area contributed by atoms with E-state index in [1.165, 1.54) is 0 Å². The maximum Gasteiger partial charge on any atom is 0.191 e. The molecular weight excluding hydrogens is 190 g/mol. The third kappa shape index (κ3) is 9.28. The standard InChI is InChI=1S/C11H23N3O/c1-4-7-9-15-10-8-14-11(12-5-2)13-6-3/h4H,1,5-10H2,2-3H3,(H2,12,13,14). The summed E-state index contributed by atoms with van der Waals surface area (Å²) < 4.78 is 5.35. The summed E-state index contributed by atoms with van der Waals surface area (Å²) >= 11 is 0. The van der Waals surface area contributed by atoms with Gasteiger partial charge in [0.2, 0.25) is 0 Å². The molecule has 0 saturated heterocycles. The van der Waals surface area contributed by atoms with Gasteiger partial charge in [-0.15, -0.1) is 6.58 Å². The van der Waals surface area contributed by atoms with Crippen molar-refractivity contribution in [3.8, 4) is 0 Å². The Labute approximate surface area is 92.8 Å². The van der Waals surface area contributed by atoms with Gasteiger partial charge in [-0.1, -0.05) is 6.08 Å². The van der Waals surface area contributed by atoms with Crippen molar-refractivity contribution < 1.29 is 4.74 Å². The topological polar surface area (TPSA) is 45.6 Å². The predicted molar refractivity (Wildman–Crippen MR) is 65.3 cm³/mol. The van der Waals surface area contributed by atoms with Gasteiger partial charge in [0, 0.05) is 13.1 Å². The highest BCUT2D eigenvalue weighted by molar-refractivity contribution is 5.79. The van der Waals surface area contributed by atoms with Crippen LogP contribution in [0.2, 0.25) is 0 Å². The molecule has 0 saturated carbocycles. The Balaban J connectivity index is 3.54. The van der Waals surface area contributed by atoms with Crippen LogP contribution in [0.15, 0.2) is 17.6 Å². The van der Waals surface area contributed by atoms with Gasteiger partial charge in [-0.25, -0.2) is 0 Å². The molecular formula is C11H23N3O. The number of ether oxygens (including phenoxy) is 1. The molecule has 88 valence electrons. The SMILES string of the molecule is C=CCCOCCN=C(NCC)NCC. The molecule has 2 N–H and O–H groups in total. The predicted octanol–water partition coefficient (Wildman–Crippen LogP) is 1.15. The van der Waals surface area contributed by atoms with Crippen molar-refractivity contribution in [1.82, 2.24) is 10.6 Å². The highest BCUT2D eigenvalue weighted by atomic mass is 16.5. The van der Waals surface area contributed by atoms with Gasteiger partial charge in [0.05, 0.1) is 19.8 Å². The lowest BCUT2D eigenvalue weighted by atomic mass is 10.5. The number of nitrogens with zero attached hydrogens (tertiary/aromatic N) is 1. The molecule has 4 nitrogen and oxygen atoms in total. The van der Waals surface area contributed by atoms with Gasteiger partial charge < -0.3 is 15.4 Å². The van der Waals surface area contributed by atoms with Gasteiger partial charge >= 0.3 is 0 Å². The van der Waals surface area contributed by atoms with Crippen molar-refractivity contribution in [3.63, 3.8) is 0 Å². The summed E-state index contributed by atoms with van der Waals surface area (Å²) in [4.78, 5) is 4.34. The van der Waals surface area contributed by atoms with Crippen LogP contribution in [0.3, 0.4) is 0 Å². The first kappa shape index (κ1) is 14.0. The van der Waals surface area contributed by atoms with Crippen molar-refractivity contribution in [1.29, 1.82) is 0 Å².